The molecule has 7 nitrogen and oxygen atoms in total. The lowest BCUT2D eigenvalue weighted by molar-refractivity contribution is -0.126. The van der Waals surface area contributed by atoms with Crippen molar-refractivity contribution in [2.45, 2.75) is 25.8 Å². The first-order chi connectivity index (χ1) is 15.7. The Labute approximate surface area is 187 Å². The molecule has 1 N–H and O–H groups in total. The third-order valence-electron chi connectivity index (χ3n) is 6.13. The molecule has 0 radical (unpaired) electrons. The predicted molar refractivity (Wildman–Crippen MR) is 124 cm³/mol. The number of rotatable bonds is 5. The Bertz CT molecular complexity index is 1200. The van der Waals surface area contributed by atoms with Gasteiger partial charge >= 0.3 is 0 Å². The van der Waals surface area contributed by atoms with Gasteiger partial charge in [0.1, 0.15) is 5.82 Å². The summed E-state index contributed by atoms with van der Waals surface area (Å²) in [6, 6.07) is 24.0. The molecule has 2 aromatic heterocycles. The molecule has 1 fully saturated rings. The van der Waals surface area contributed by atoms with Crippen LogP contribution in [0.5, 0.6) is 0 Å². The molecule has 162 valence electrons. The molecule has 4 aromatic rings. The molecule has 1 aliphatic rings. The summed E-state index contributed by atoms with van der Waals surface area (Å²) in [4.78, 5) is 15.0. The SMILES string of the molecule is C[C@@H](NC(=O)C1CCN(c2ccc3nnc(-c4ccccc4)n3n2)CC1)c1ccccc1. The molecule has 1 atom stereocenters. The van der Waals surface area contributed by atoms with Crippen molar-refractivity contribution in [1.82, 2.24) is 25.1 Å². The Hall–Kier alpha value is -3.74. The van der Waals surface area contributed by atoms with Gasteiger partial charge in [0, 0.05) is 24.6 Å². The largest absolute Gasteiger partial charge is 0.355 e. The molecule has 1 amide bonds. The third-order valence-corrected chi connectivity index (χ3v) is 6.13. The van der Waals surface area contributed by atoms with E-state index in [1.54, 1.807) is 4.52 Å². The molecule has 1 saturated heterocycles. The summed E-state index contributed by atoms with van der Waals surface area (Å²) in [5.41, 5.74) is 2.82. The van der Waals surface area contributed by atoms with Crippen molar-refractivity contribution in [1.29, 1.82) is 0 Å². The van der Waals surface area contributed by atoms with Crippen LogP contribution in [0.25, 0.3) is 17.0 Å². The number of hydrogen-bond donors (Lipinski definition) is 1. The van der Waals surface area contributed by atoms with Crippen LogP contribution in [0.15, 0.2) is 72.8 Å². The molecule has 0 unspecified atom stereocenters. The van der Waals surface area contributed by atoms with Gasteiger partial charge in [0.05, 0.1) is 6.04 Å². The molecular weight excluding hydrogens is 400 g/mol. The van der Waals surface area contributed by atoms with Gasteiger partial charge in [0.2, 0.25) is 5.91 Å². The van der Waals surface area contributed by atoms with Gasteiger partial charge < -0.3 is 10.2 Å². The maximum atomic E-state index is 12.8. The molecule has 32 heavy (non-hydrogen) atoms. The van der Waals surface area contributed by atoms with Crippen molar-refractivity contribution in [2.24, 2.45) is 5.92 Å². The minimum absolute atomic E-state index is 0.0101. The van der Waals surface area contributed by atoms with Crippen LogP contribution in [0.2, 0.25) is 0 Å². The number of hydrogen-bond acceptors (Lipinski definition) is 5. The first-order valence-electron chi connectivity index (χ1n) is 11.1. The number of piperidine rings is 1. The van der Waals surface area contributed by atoms with E-state index in [2.05, 4.69) is 20.4 Å². The smallest absolute Gasteiger partial charge is 0.223 e. The first-order valence-corrected chi connectivity index (χ1v) is 11.1. The maximum absolute atomic E-state index is 12.8. The van der Waals surface area contributed by atoms with Gasteiger partial charge in [-0.2, -0.15) is 4.52 Å². The summed E-state index contributed by atoms with van der Waals surface area (Å²) in [6.07, 6.45) is 1.61. The molecule has 0 spiro atoms. The van der Waals surface area contributed by atoms with Gasteiger partial charge in [-0.15, -0.1) is 15.3 Å². The molecule has 0 saturated carbocycles. The monoisotopic (exact) mass is 426 g/mol. The van der Waals surface area contributed by atoms with Crippen LogP contribution < -0.4 is 10.2 Å². The van der Waals surface area contributed by atoms with Gasteiger partial charge in [-0.3, -0.25) is 4.79 Å². The highest BCUT2D eigenvalue weighted by molar-refractivity contribution is 5.79. The minimum atomic E-state index is 0.0101. The van der Waals surface area contributed by atoms with Crippen molar-refractivity contribution in [2.75, 3.05) is 18.0 Å². The Morgan fingerprint density at radius 3 is 2.34 bits per heavy atom. The van der Waals surface area contributed by atoms with Crippen molar-refractivity contribution in [3.63, 3.8) is 0 Å². The van der Waals surface area contributed by atoms with E-state index in [1.807, 2.05) is 79.7 Å². The summed E-state index contributed by atoms with van der Waals surface area (Å²) in [7, 11) is 0. The van der Waals surface area contributed by atoms with Crippen LogP contribution in [0.4, 0.5) is 5.82 Å². The Kier molecular flexibility index (Phi) is 5.54. The second kappa shape index (κ2) is 8.78. The molecule has 3 heterocycles. The number of amides is 1. The van der Waals surface area contributed by atoms with Crippen molar-refractivity contribution < 1.29 is 4.79 Å². The zero-order valence-corrected chi connectivity index (χ0v) is 18.1. The second-order valence-electron chi connectivity index (χ2n) is 8.25. The average molecular weight is 427 g/mol. The van der Waals surface area contributed by atoms with Crippen molar-refractivity contribution >= 4 is 17.4 Å². The summed E-state index contributed by atoms with van der Waals surface area (Å²) < 4.78 is 1.80. The summed E-state index contributed by atoms with van der Waals surface area (Å²) in [5, 5.41) is 16.5. The number of anilines is 1. The summed E-state index contributed by atoms with van der Waals surface area (Å²) >= 11 is 0. The van der Waals surface area contributed by atoms with Gasteiger partial charge in [-0.05, 0) is 37.5 Å². The van der Waals surface area contributed by atoms with Gasteiger partial charge in [0.25, 0.3) is 0 Å². The number of benzene rings is 2. The molecule has 2 aromatic carbocycles. The van der Waals surface area contributed by atoms with E-state index in [1.165, 1.54) is 0 Å². The number of aromatic nitrogens is 4. The van der Waals surface area contributed by atoms with Crippen LogP contribution in [0.3, 0.4) is 0 Å². The fourth-order valence-corrected chi connectivity index (χ4v) is 4.24. The van der Waals surface area contributed by atoms with Crippen LogP contribution in [0, 0.1) is 5.92 Å². The topological polar surface area (TPSA) is 75.4 Å². The van der Waals surface area contributed by atoms with Crippen molar-refractivity contribution in [3.8, 4) is 11.4 Å². The van der Waals surface area contributed by atoms with Crippen molar-refractivity contribution in [3.05, 3.63) is 78.4 Å². The van der Waals surface area contributed by atoms with E-state index in [4.69, 9.17) is 5.10 Å². The molecule has 1 aliphatic heterocycles. The summed E-state index contributed by atoms with van der Waals surface area (Å²) in [6.45, 7) is 3.61. The fraction of sp³-hybridized carbons (Fsp3) is 0.280. The fourth-order valence-electron chi connectivity index (χ4n) is 4.24. The molecule has 7 heteroatoms. The van der Waals surface area contributed by atoms with E-state index < -0.39 is 0 Å². The lowest BCUT2D eigenvalue weighted by atomic mass is 9.95. The highest BCUT2D eigenvalue weighted by Gasteiger charge is 2.27. The number of nitrogens with zero attached hydrogens (tertiary/aromatic N) is 5. The zero-order chi connectivity index (χ0) is 21.9. The van der Waals surface area contributed by atoms with Crippen LogP contribution in [-0.4, -0.2) is 38.8 Å². The van der Waals surface area contributed by atoms with E-state index in [0.29, 0.717) is 0 Å². The highest BCUT2D eigenvalue weighted by atomic mass is 16.1. The maximum Gasteiger partial charge on any atom is 0.223 e. The van der Waals surface area contributed by atoms with Crippen LogP contribution in [0.1, 0.15) is 31.4 Å². The summed E-state index contributed by atoms with van der Waals surface area (Å²) in [5.74, 6) is 1.77. The third kappa shape index (κ3) is 4.06. The van der Waals surface area contributed by atoms with Gasteiger partial charge in [-0.25, -0.2) is 0 Å². The zero-order valence-electron chi connectivity index (χ0n) is 18.1. The number of carbonyl (C=O) groups is 1. The standard InChI is InChI=1S/C25H26N6O/c1-18(19-8-4-2-5-9-19)26-25(32)21-14-16-30(17-15-21)23-13-12-22-27-28-24(31(22)29-23)20-10-6-3-7-11-20/h2-13,18,21H,14-17H2,1H3,(H,26,32)/t18-/m1/s1. The lowest BCUT2D eigenvalue weighted by Gasteiger charge is -2.32. The van der Waals surface area contributed by atoms with E-state index >= 15 is 0 Å². The van der Waals surface area contributed by atoms with E-state index in [0.717, 1.165) is 54.3 Å². The molecule has 0 aliphatic carbocycles. The van der Waals surface area contributed by atoms with E-state index in [9.17, 15) is 4.79 Å². The molecular formula is C25H26N6O. The minimum Gasteiger partial charge on any atom is -0.355 e. The lowest BCUT2D eigenvalue weighted by Crippen LogP contribution is -2.41. The van der Waals surface area contributed by atoms with Crippen LogP contribution >= 0.6 is 0 Å². The predicted octanol–water partition coefficient (Wildman–Crippen LogP) is 3.89. The number of carbonyl (C=O) groups excluding carboxylic acids is 1. The second-order valence-corrected chi connectivity index (χ2v) is 8.25. The quantitative estimate of drug-likeness (QED) is 0.524. The number of nitrogens with one attached hydrogen (secondary N) is 1. The highest BCUT2D eigenvalue weighted by Crippen LogP contribution is 2.24. The first kappa shape index (κ1) is 20.2. The Morgan fingerprint density at radius 1 is 0.938 bits per heavy atom. The molecule has 5 rings (SSSR count). The molecule has 0 bridgehead atoms. The van der Waals surface area contributed by atoms with Crippen LogP contribution in [-0.2, 0) is 4.79 Å². The van der Waals surface area contributed by atoms with Gasteiger partial charge in [-0.1, -0.05) is 60.7 Å². The van der Waals surface area contributed by atoms with E-state index in [-0.39, 0.29) is 17.9 Å². The normalized spacial score (nSPS) is 15.6. The Balaban J connectivity index is 1.25. The number of fused-ring (bicyclic) bond motifs is 1. The Morgan fingerprint density at radius 2 is 1.62 bits per heavy atom. The average Bonchev–Trinajstić information content (AvgIpc) is 3.28. The van der Waals surface area contributed by atoms with Gasteiger partial charge in [0.15, 0.2) is 11.5 Å².